The molecular formula is C19H16ClNO3. The van der Waals surface area contributed by atoms with Gasteiger partial charge < -0.3 is 9.84 Å². The number of hydrogen-bond donors (Lipinski definition) is 1. The molecule has 0 saturated heterocycles. The number of aromatic nitrogens is 1. The fourth-order valence-corrected chi connectivity index (χ4v) is 2.89. The SMILES string of the molecule is CCOc1ccc(-c2cc(C(=O)O)c3c(Cl)ccc(C)c3n2)cc1. The predicted molar refractivity (Wildman–Crippen MR) is 95.1 cm³/mol. The molecule has 3 aromatic rings. The zero-order valence-corrected chi connectivity index (χ0v) is 14.1. The summed E-state index contributed by atoms with van der Waals surface area (Å²) in [5, 5.41) is 10.4. The molecule has 1 N–H and O–H groups in total. The number of carboxylic acids is 1. The maximum Gasteiger partial charge on any atom is 0.336 e. The summed E-state index contributed by atoms with van der Waals surface area (Å²) in [4.78, 5) is 16.3. The number of benzene rings is 2. The average Bonchev–Trinajstić information content (AvgIpc) is 2.58. The molecule has 1 aromatic heterocycles. The first-order valence-corrected chi connectivity index (χ1v) is 7.95. The third kappa shape index (κ3) is 2.93. The number of halogens is 1. The Morgan fingerprint density at radius 2 is 1.92 bits per heavy atom. The highest BCUT2D eigenvalue weighted by Crippen LogP contribution is 2.32. The lowest BCUT2D eigenvalue weighted by molar-refractivity contribution is 0.0699. The van der Waals surface area contributed by atoms with Gasteiger partial charge >= 0.3 is 5.97 Å². The van der Waals surface area contributed by atoms with Crippen molar-refractivity contribution in [3.8, 4) is 17.0 Å². The minimum atomic E-state index is -1.03. The molecule has 2 aromatic carbocycles. The summed E-state index contributed by atoms with van der Waals surface area (Å²) in [7, 11) is 0. The Morgan fingerprint density at radius 1 is 1.21 bits per heavy atom. The summed E-state index contributed by atoms with van der Waals surface area (Å²) in [6.45, 7) is 4.40. The van der Waals surface area contributed by atoms with Gasteiger partial charge in [0.25, 0.3) is 0 Å². The van der Waals surface area contributed by atoms with Crippen molar-refractivity contribution in [3.63, 3.8) is 0 Å². The van der Waals surface area contributed by atoms with Gasteiger partial charge in [-0.05, 0) is 55.8 Å². The second kappa shape index (κ2) is 6.49. The first-order valence-electron chi connectivity index (χ1n) is 7.57. The van der Waals surface area contributed by atoms with Crippen LogP contribution in [0.4, 0.5) is 0 Å². The van der Waals surface area contributed by atoms with Crippen LogP contribution in [-0.2, 0) is 0 Å². The second-order valence-corrected chi connectivity index (χ2v) is 5.81. The largest absolute Gasteiger partial charge is 0.494 e. The molecule has 0 atom stereocenters. The van der Waals surface area contributed by atoms with Crippen LogP contribution in [0.3, 0.4) is 0 Å². The van der Waals surface area contributed by atoms with E-state index in [2.05, 4.69) is 4.98 Å². The van der Waals surface area contributed by atoms with Crippen molar-refractivity contribution in [1.29, 1.82) is 0 Å². The molecule has 0 spiro atoms. The lowest BCUT2D eigenvalue weighted by Gasteiger charge is -2.11. The van der Waals surface area contributed by atoms with Crippen molar-refractivity contribution in [3.05, 3.63) is 58.6 Å². The van der Waals surface area contributed by atoms with Crippen LogP contribution in [-0.4, -0.2) is 22.7 Å². The molecule has 3 rings (SSSR count). The topological polar surface area (TPSA) is 59.4 Å². The van der Waals surface area contributed by atoms with Crippen LogP contribution in [0.2, 0.25) is 5.02 Å². The zero-order chi connectivity index (χ0) is 17.3. The summed E-state index contributed by atoms with van der Waals surface area (Å²) in [5.74, 6) is -0.262. The highest BCUT2D eigenvalue weighted by Gasteiger charge is 2.16. The van der Waals surface area contributed by atoms with Gasteiger partial charge in [0.2, 0.25) is 0 Å². The van der Waals surface area contributed by atoms with E-state index in [-0.39, 0.29) is 5.56 Å². The van der Waals surface area contributed by atoms with Crippen LogP contribution in [0.15, 0.2) is 42.5 Å². The van der Waals surface area contributed by atoms with Crippen LogP contribution in [0.1, 0.15) is 22.8 Å². The molecule has 0 fully saturated rings. The summed E-state index contributed by atoms with van der Waals surface area (Å²) < 4.78 is 5.43. The Labute approximate surface area is 144 Å². The van der Waals surface area contributed by atoms with E-state index in [4.69, 9.17) is 16.3 Å². The number of aryl methyl sites for hydroxylation is 1. The minimum Gasteiger partial charge on any atom is -0.494 e. The highest BCUT2D eigenvalue weighted by molar-refractivity contribution is 6.36. The predicted octanol–water partition coefficient (Wildman–Crippen LogP) is 4.96. The van der Waals surface area contributed by atoms with Gasteiger partial charge in [0.1, 0.15) is 5.75 Å². The fourth-order valence-electron chi connectivity index (χ4n) is 2.64. The maximum atomic E-state index is 11.7. The number of carboxylic acid groups (broad SMARTS) is 1. The molecule has 0 radical (unpaired) electrons. The Kier molecular flexibility index (Phi) is 4.40. The smallest absolute Gasteiger partial charge is 0.336 e. The first-order chi connectivity index (χ1) is 11.5. The lowest BCUT2D eigenvalue weighted by Crippen LogP contribution is -2.02. The Hall–Kier alpha value is -2.59. The van der Waals surface area contributed by atoms with Crippen LogP contribution in [0.5, 0.6) is 5.75 Å². The normalized spacial score (nSPS) is 10.8. The molecular weight excluding hydrogens is 326 g/mol. The number of pyridine rings is 1. The van der Waals surface area contributed by atoms with Crippen LogP contribution in [0, 0.1) is 6.92 Å². The van der Waals surface area contributed by atoms with Crippen molar-refractivity contribution in [1.82, 2.24) is 4.98 Å². The fraction of sp³-hybridized carbons (Fsp3) is 0.158. The third-order valence-electron chi connectivity index (χ3n) is 3.80. The molecule has 0 aliphatic carbocycles. The monoisotopic (exact) mass is 341 g/mol. The van der Waals surface area contributed by atoms with Gasteiger partial charge in [-0.25, -0.2) is 9.78 Å². The van der Waals surface area contributed by atoms with Gasteiger partial charge in [0.05, 0.1) is 28.4 Å². The Morgan fingerprint density at radius 3 is 2.54 bits per heavy atom. The van der Waals surface area contributed by atoms with Gasteiger partial charge in [0.15, 0.2) is 0 Å². The number of rotatable bonds is 4. The molecule has 1 heterocycles. The number of aromatic carboxylic acids is 1. The molecule has 5 heteroatoms. The Balaban J connectivity index is 2.22. The van der Waals surface area contributed by atoms with E-state index in [0.29, 0.717) is 28.2 Å². The van der Waals surface area contributed by atoms with Gasteiger partial charge in [0, 0.05) is 10.9 Å². The standard InChI is InChI=1S/C19H16ClNO3/c1-3-24-13-7-5-12(6-8-13)16-10-14(19(22)23)17-15(20)9-4-11(2)18(17)21-16/h4-10H,3H2,1-2H3,(H,22,23). The highest BCUT2D eigenvalue weighted by atomic mass is 35.5. The van der Waals surface area contributed by atoms with E-state index in [1.165, 1.54) is 0 Å². The Bertz CT molecular complexity index is 920. The molecule has 0 aliphatic heterocycles. The van der Waals surface area contributed by atoms with Gasteiger partial charge in [-0.15, -0.1) is 0 Å². The minimum absolute atomic E-state index is 0.151. The summed E-state index contributed by atoms with van der Waals surface area (Å²) in [6.07, 6.45) is 0. The second-order valence-electron chi connectivity index (χ2n) is 5.41. The summed E-state index contributed by atoms with van der Waals surface area (Å²) >= 11 is 6.21. The number of fused-ring (bicyclic) bond motifs is 1. The third-order valence-corrected chi connectivity index (χ3v) is 4.12. The van der Waals surface area contributed by atoms with Crippen molar-refractivity contribution in [2.45, 2.75) is 13.8 Å². The summed E-state index contributed by atoms with van der Waals surface area (Å²) in [5.41, 5.74) is 3.05. The summed E-state index contributed by atoms with van der Waals surface area (Å²) in [6, 6.07) is 12.5. The molecule has 4 nitrogen and oxygen atoms in total. The van der Waals surface area contributed by atoms with E-state index >= 15 is 0 Å². The molecule has 24 heavy (non-hydrogen) atoms. The van der Waals surface area contributed by atoms with Crippen LogP contribution < -0.4 is 4.74 Å². The lowest BCUT2D eigenvalue weighted by atomic mass is 10.0. The average molecular weight is 342 g/mol. The maximum absolute atomic E-state index is 11.7. The molecule has 0 saturated carbocycles. The quantitative estimate of drug-likeness (QED) is 0.728. The van der Waals surface area contributed by atoms with E-state index in [1.54, 1.807) is 12.1 Å². The van der Waals surface area contributed by atoms with E-state index < -0.39 is 5.97 Å². The van der Waals surface area contributed by atoms with Crippen molar-refractivity contribution < 1.29 is 14.6 Å². The van der Waals surface area contributed by atoms with Crippen LogP contribution in [0.25, 0.3) is 22.2 Å². The van der Waals surface area contributed by atoms with Crippen molar-refractivity contribution in [2.24, 2.45) is 0 Å². The first kappa shape index (κ1) is 16.3. The number of carbonyl (C=O) groups is 1. The molecule has 0 amide bonds. The van der Waals surface area contributed by atoms with Gasteiger partial charge in [-0.1, -0.05) is 17.7 Å². The molecule has 122 valence electrons. The number of nitrogens with zero attached hydrogens (tertiary/aromatic N) is 1. The zero-order valence-electron chi connectivity index (χ0n) is 13.3. The molecule has 0 aliphatic rings. The number of hydrogen-bond acceptors (Lipinski definition) is 3. The van der Waals surface area contributed by atoms with Crippen molar-refractivity contribution in [2.75, 3.05) is 6.61 Å². The molecule has 0 bridgehead atoms. The van der Waals surface area contributed by atoms with E-state index in [9.17, 15) is 9.90 Å². The molecule has 0 unspecified atom stereocenters. The number of ether oxygens (including phenoxy) is 1. The van der Waals surface area contributed by atoms with Crippen molar-refractivity contribution >= 4 is 28.5 Å². The van der Waals surface area contributed by atoms with E-state index in [0.717, 1.165) is 16.9 Å². The van der Waals surface area contributed by atoms with Crippen LogP contribution >= 0.6 is 11.6 Å². The van der Waals surface area contributed by atoms with Gasteiger partial charge in [-0.3, -0.25) is 0 Å². The van der Waals surface area contributed by atoms with Gasteiger partial charge in [-0.2, -0.15) is 0 Å². The van der Waals surface area contributed by atoms with E-state index in [1.807, 2.05) is 44.2 Å².